The zero-order chi connectivity index (χ0) is 11.3. The van der Waals surface area contributed by atoms with Gasteiger partial charge in [-0.05, 0) is 11.8 Å². The molecule has 0 spiro atoms. The lowest BCUT2D eigenvalue weighted by molar-refractivity contribution is 0.0780. The van der Waals surface area contributed by atoms with E-state index in [1.54, 1.807) is 0 Å². The molecule has 1 fully saturated rings. The lowest BCUT2D eigenvalue weighted by Gasteiger charge is -2.42. The topological polar surface area (TPSA) is 15.3 Å². The minimum Gasteiger partial charge on any atom is -0.314 e. The maximum atomic E-state index is 3.44. The van der Waals surface area contributed by atoms with Crippen LogP contribution in [0.15, 0.2) is 0 Å². The first kappa shape index (κ1) is 13.0. The van der Waals surface area contributed by atoms with Gasteiger partial charge in [-0.1, -0.05) is 40.5 Å². The monoisotopic (exact) mass is 212 g/mol. The van der Waals surface area contributed by atoms with Gasteiger partial charge in [-0.2, -0.15) is 0 Å². The molecular formula is C13H28N2. The summed E-state index contributed by atoms with van der Waals surface area (Å²) in [6.07, 6.45) is 4.05. The zero-order valence-corrected chi connectivity index (χ0v) is 11.0. The number of nitrogens with zero attached hydrogens (tertiary/aromatic N) is 1. The molecule has 0 aromatic rings. The summed E-state index contributed by atoms with van der Waals surface area (Å²) in [6, 6.07) is 0.763. The SMILES string of the molecule is CCCCC(N1CCNCC1)C(C)(C)C. The number of unbranched alkanes of at least 4 members (excludes halogenated alkanes) is 1. The summed E-state index contributed by atoms with van der Waals surface area (Å²) in [4.78, 5) is 2.69. The Morgan fingerprint density at radius 3 is 2.27 bits per heavy atom. The summed E-state index contributed by atoms with van der Waals surface area (Å²) < 4.78 is 0. The van der Waals surface area contributed by atoms with Gasteiger partial charge in [0, 0.05) is 32.2 Å². The van der Waals surface area contributed by atoms with Crippen LogP contribution in [0.4, 0.5) is 0 Å². The van der Waals surface area contributed by atoms with E-state index in [0.717, 1.165) is 6.04 Å². The van der Waals surface area contributed by atoms with Crippen molar-refractivity contribution in [3.05, 3.63) is 0 Å². The van der Waals surface area contributed by atoms with Crippen LogP contribution < -0.4 is 5.32 Å². The lowest BCUT2D eigenvalue weighted by atomic mass is 9.82. The third kappa shape index (κ3) is 4.12. The molecule has 1 saturated heterocycles. The summed E-state index contributed by atoms with van der Waals surface area (Å²) in [6.45, 7) is 14.2. The maximum absolute atomic E-state index is 3.44. The van der Waals surface area contributed by atoms with Gasteiger partial charge in [-0.3, -0.25) is 4.90 Å². The van der Waals surface area contributed by atoms with Gasteiger partial charge in [0.2, 0.25) is 0 Å². The van der Waals surface area contributed by atoms with Crippen LogP contribution in [0.5, 0.6) is 0 Å². The van der Waals surface area contributed by atoms with Gasteiger partial charge in [0.25, 0.3) is 0 Å². The zero-order valence-electron chi connectivity index (χ0n) is 11.0. The number of hydrogen-bond donors (Lipinski definition) is 1. The van der Waals surface area contributed by atoms with Crippen LogP contribution in [0.1, 0.15) is 47.0 Å². The van der Waals surface area contributed by atoms with Gasteiger partial charge < -0.3 is 5.32 Å². The molecule has 0 amide bonds. The van der Waals surface area contributed by atoms with Crippen LogP contribution in [-0.4, -0.2) is 37.1 Å². The van der Waals surface area contributed by atoms with Gasteiger partial charge in [-0.15, -0.1) is 0 Å². The van der Waals surface area contributed by atoms with Crippen LogP contribution in [-0.2, 0) is 0 Å². The Bertz CT molecular complexity index is 166. The summed E-state index contributed by atoms with van der Waals surface area (Å²) in [5, 5.41) is 3.44. The first-order chi connectivity index (χ1) is 7.05. The van der Waals surface area contributed by atoms with E-state index in [2.05, 4.69) is 37.9 Å². The Labute approximate surface area is 95.4 Å². The van der Waals surface area contributed by atoms with E-state index < -0.39 is 0 Å². The molecule has 0 aromatic carbocycles. The van der Waals surface area contributed by atoms with E-state index in [1.807, 2.05) is 0 Å². The van der Waals surface area contributed by atoms with Crippen molar-refractivity contribution < 1.29 is 0 Å². The molecule has 0 aromatic heterocycles. The molecule has 0 bridgehead atoms. The number of piperazine rings is 1. The highest BCUT2D eigenvalue weighted by molar-refractivity contribution is 4.85. The molecule has 1 rings (SSSR count). The summed E-state index contributed by atoms with van der Waals surface area (Å²) in [7, 11) is 0. The quantitative estimate of drug-likeness (QED) is 0.770. The van der Waals surface area contributed by atoms with E-state index in [1.165, 1.54) is 45.4 Å². The molecule has 15 heavy (non-hydrogen) atoms. The van der Waals surface area contributed by atoms with Crippen molar-refractivity contribution in [3.63, 3.8) is 0 Å². The average molecular weight is 212 g/mol. The highest BCUT2D eigenvalue weighted by Gasteiger charge is 2.30. The second kappa shape index (κ2) is 5.86. The van der Waals surface area contributed by atoms with Crippen molar-refractivity contribution >= 4 is 0 Å². The molecule has 2 heteroatoms. The Morgan fingerprint density at radius 1 is 1.20 bits per heavy atom. The highest BCUT2D eigenvalue weighted by atomic mass is 15.2. The van der Waals surface area contributed by atoms with Crippen LogP contribution in [0.25, 0.3) is 0 Å². The second-order valence-corrected chi connectivity index (χ2v) is 5.81. The Hall–Kier alpha value is -0.0800. The van der Waals surface area contributed by atoms with E-state index in [-0.39, 0.29) is 0 Å². The van der Waals surface area contributed by atoms with Gasteiger partial charge in [-0.25, -0.2) is 0 Å². The largest absolute Gasteiger partial charge is 0.314 e. The van der Waals surface area contributed by atoms with Crippen molar-refractivity contribution in [2.75, 3.05) is 26.2 Å². The minimum absolute atomic E-state index is 0.423. The first-order valence-corrected chi connectivity index (χ1v) is 6.50. The summed E-state index contributed by atoms with van der Waals surface area (Å²) in [5.74, 6) is 0. The summed E-state index contributed by atoms with van der Waals surface area (Å²) in [5.41, 5.74) is 0.423. The fourth-order valence-electron chi connectivity index (χ4n) is 2.55. The van der Waals surface area contributed by atoms with Gasteiger partial charge in [0.15, 0.2) is 0 Å². The smallest absolute Gasteiger partial charge is 0.0145 e. The molecular weight excluding hydrogens is 184 g/mol. The standard InChI is InChI=1S/C13H28N2/c1-5-6-7-12(13(2,3)4)15-10-8-14-9-11-15/h12,14H,5-11H2,1-4H3. The van der Waals surface area contributed by atoms with Crippen LogP contribution in [0.3, 0.4) is 0 Å². The lowest BCUT2D eigenvalue weighted by Crippen LogP contribution is -2.52. The third-order valence-electron chi connectivity index (χ3n) is 3.42. The summed E-state index contributed by atoms with van der Waals surface area (Å²) >= 11 is 0. The van der Waals surface area contributed by atoms with Gasteiger partial charge >= 0.3 is 0 Å². The van der Waals surface area contributed by atoms with Crippen molar-refractivity contribution in [2.24, 2.45) is 5.41 Å². The molecule has 1 atom stereocenters. The van der Waals surface area contributed by atoms with Crippen molar-refractivity contribution in [1.82, 2.24) is 10.2 Å². The molecule has 0 radical (unpaired) electrons. The van der Waals surface area contributed by atoms with Crippen LogP contribution in [0.2, 0.25) is 0 Å². The number of rotatable bonds is 4. The van der Waals surface area contributed by atoms with E-state index in [0.29, 0.717) is 5.41 Å². The van der Waals surface area contributed by atoms with E-state index in [9.17, 15) is 0 Å². The predicted octanol–water partition coefficient (Wildman–Crippen LogP) is 2.50. The van der Waals surface area contributed by atoms with Gasteiger partial charge in [0.1, 0.15) is 0 Å². The Kier molecular flexibility index (Phi) is 5.07. The van der Waals surface area contributed by atoms with Crippen molar-refractivity contribution in [1.29, 1.82) is 0 Å². The Morgan fingerprint density at radius 2 is 1.80 bits per heavy atom. The third-order valence-corrected chi connectivity index (χ3v) is 3.42. The molecule has 0 saturated carbocycles. The predicted molar refractivity (Wildman–Crippen MR) is 67.2 cm³/mol. The fraction of sp³-hybridized carbons (Fsp3) is 1.00. The van der Waals surface area contributed by atoms with E-state index >= 15 is 0 Å². The van der Waals surface area contributed by atoms with Crippen molar-refractivity contribution in [3.8, 4) is 0 Å². The number of nitrogens with one attached hydrogen (secondary N) is 1. The van der Waals surface area contributed by atoms with Crippen LogP contribution in [0, 0.1) is 5.41 Å². The molecule has 1 unspecified atom stereocenters. The molecule has 0 aliphatic carbocycles. The fourth-order valence-corrected chi connectivity index (χ4v) is 2.55. The molecule has 1 aliphatic rings. The molecule has 1 N–H and O–H groups in total. The first-order valence-electron chi connectivity index (χ1n) is 6.50. The normalized spacial score (nSPS) is 21.6. The second-order valence-electron chi connectivity index (χ2n) is 5.81. The Balaban J connectivity index is 2.53. The highest BCUT2D eigenvalue weighted by Crippen LogP contribution is 2.28. The van der Waals surface area contributed by atoms with Crippen LogP contribution >= 0.6 is 0 Å². The molecule has 2 nitrogen and oxygen atoms in total. The number of hydrogen-bond acceptors (Lipinski definition) is 2. The van der Waals surface area contributed by atoms with E-state index in [4.69, 9.17) is 0 Å². The van der Waals surface area contributed by atoms with Crippen molar-refractivity contribution in [2.45, 2.75) is 53.0 Å². The maximum Gasteiger partial charge on any atom is 0.0145 e. The molecule has 1 heterocycles. The molecule has 90 valence electrons. The average Bonchev–Trinajstić information content (AvgIpc) is 2.18. The minimum atomic E-state index is 0.423. The molecule has 1 aliphatic heterocycles. The van der Waals surface area contributed by atoms with Gasteiger partial charge in [0.05, 0.1) is 0 Å².